The smallest absolute Gasteiger partial charge is 0.410 e. The van der Waals surface area contributed by atoms with Gasteiger partial charge in [-0.25, -0.2) is 14.6 Å². The van der Waals surface area contributed by atoms with Gasteiger partial charge in [-0.05, 0) is 45.2 Å². The zero-order valence-electron chi connectivity index (χ0n) is 19.6. The molecule has 2 heterocycles. The molecular formula is C22H32N4O6. The van der Waals surface area contributed by atoms with Crippen LogP contribution in [-0.4, -0.2) is 69.6 Å². The first-order valence-electron chi connectivity index (χ1n) is 10.5. The van der Waals surface area contributed by atoms with E-state index >= 15 is 0 Å². The predicted octanol–water partition coefficient (Wildman–Crippen LogP) is 1.82. The van der Waals surface area contributed by atoms with Crippen molar-refractivity contribution < 1.29 is 29.0 Å². The van der Waals surface area contributed by atoms with Crippen LogP contribution in [0.5, 0.6) is 0 Å². The number of likely N-dealkylation sites (N-methyl/N-ethyl adjacent to an activating group) is 1. The maximum atomic E-state index is 13.4. The highest BCUT2D eigenvalue weighted by molar-refractivity contribution is 6.05. The molecule has 0 saturated heterocycles. The maximum absolute atomic E-state index is 13.4. The van der Waals surface area contributed by atoms with Gasteiger partial charge in [0.1, 0.15) is 29.5 Å². The molecule has 0 radical (unpaired) electrons. The molecule has 1 aromatic rings. The number of ether oxygens (including phenoxy) is 1. The van der Waals surface area contributed by atoms with Crippen LogP contribution in [0.15, 0.2) is 18.3 Å². The summed E-state index contributed by atoms with van der Waals surface area (Å²) in [6.45, 7) is 10.2. The van der Waals surface area contributed by atoms with Crippen molar-refractivity contribution in [2.75, 3.05) is 11.9 Å². The number of hydrogen-bond donors (Lipinski definition) is 2. The van der Waals surface area contributed by atoms with E-state index in [4.69, 9.17) is 4.74 Å². The molecule has 176 valence electrons. The third-order valence-corrected chi connectivity index (χ3v) is 5.22. The Balaban J connectivity index is 2.22. The van der Waals surface area contributed by atoms with Crippen LogP contribution < -0.4 is 10.2 Å². The fourth-order valence-electron chi connectivity index (χ4n) is 3.31. The fourth-order valence-corrected chi connectivity index (χ4v) is 3.31. The predicted molar refractivity (Wildman–Crippen MR) is 117 cm³/mol. The van der Waals surface area contributed by atoms with Gasteiger partial charge in [0, 0.05) is 19.7 Å². The standard InChI is InChI=1S/C22H32N4O6/c1-12(2)16(24-18(27)13(3)25(7)21(31)32-22(4,5)6)19(28)26-15(20(29)30)11-14-9-8-10-23-17(14)26/h8-10,12-13,15-16H,11H2,1-7H3,(H,24,27)(H,29,30)/t13-,15+,16-/m0/s1. The number of carbonyl (C=O) groups is 4. The van der Waals surface area contributed by atoms with Crippen LogP contribution >= 0.6 is 0 Å². The molecular weight excluding hydrogens is 416 g/mol. The van der Waals surface area contributed by atoms with Crippen LogP contribution in [0.3, 0.4) is 0 Å². The molecule has 1 aliphatic rings. The molecule has 3 amide bonds. The van der Waals surface area contributed by atoms with E-state index in [9.17, 15) is 24.3 Å². The van der Waals surface area contributed by atoms with Crippen LogP contribution in [0.2, 0.25) is 0 Å². The third kappa shape index (κ3) is 5.54. The van der Waals surface area contributed by atoms with Gasteiger partial charge in [0.25, 0.3) is 5.91 Å². The topological polar surface area (TPSA) is 129 Å². The lowest BCUT2D eigenvalue weighted by molar-refractivity contribution is -0.140. The monoisotopic (exact) mass is 448 g/mol. The summed E-state index contributed by atoms with van der Waals surface area (Å²) in [4.78, 5) is 56.9. The fraction of sp³-hybridized carbons (Fsp3) is 0.591. The highest BCUT2D eigenvalue weighted by Gasteiger charge is 2.43. The Labute approximate surface area is 187 Å². The van der Waals surface area contributed by atoms with Crippen molar-refractivity contribution >= 4 is 29.7 Å². The molecule has 0 aliphatic carbocycles. The summed E-state index contributed by atoms with van der Waals surface area (Å²) in [7, 11) is 1.44. The summed E-state index contributed by atoms with van der Waals surface area (Å²) in [6, 6.07) is 0.380. The largest absolute Gasteiger partial charge is 0.480 e. The molecule has 0 saturated carbocycles. The molecule has 2 N–H and O–H groups in total. The molecule has 1 aromatic heterocycles. The Morgan fingerprint density at radius 1 is 1.25 bits per heavy atom. The molecule has 0 aromatic carbocycles. The van der Waals surface area contributed by atoms with Crippen molar-refractivity contribution in [2.45, 2.75) is 71.7 Å². The lowest BCUT2D eigenvalue weighted by Crippen LogP contribution is -2.58. The van der Waals surface area contributed by atoms with Crippen molar-refractivity contribution in [3.05, 3.63) is 23.9 Å². The van der Waals surface area contributed by atoms with Gasteiger partial charge >= 0.3 is 12.1 Å². The molecule has 10 nitrogen and oxygen atoms in total. The number of amides is 3. The second-order valence-electron chi connectivity index (χ2n) is 9.25. The van der Waals surface area contributed by atoms with Crippen molar-refractivity contribution in [3.63, 3.8) is 0 Å². The van der Waals surface area contributed by atoms with E-state index in [1.165, 1.54) is 20.2 Å². The first kappa shape index (κ1) is 25.1. The van der Waals surface area contributed by atoms with E-state index in [1.807, 2.05) is 0 Å². The number of carbonyl (C=O) groups excluding carboxylic acids is 3. The van der Waals surface area contributed by atoms with Gasteiger partial charge in [-0.3, -0.25) is 19.4 Å². The zero-order valence-corrected chi connectivity index (χ0v) is 19.6. The number of nitrogens with one attached hydrogen (secondary N) is 1. The number of fused-ring (bicyclic) bond motifs is 1. The summed E-state index contributed by atoms with van der Waals surface area (Å²) in [5.74, 6) is -2.33. The number of carboxylic acid groups (broad SMARTS) is 1. The highest BCUT2D eigenvalue weighted by Crippen LogP contribution is 2.31. The van der Waals surface area contributed by atoms with Gasteiger partial charge < -0.3 is 15.2 Å². The van der Waals surface area contributed by atoms with Crippen LogP contribution in [0.25, 0.3) is 0 Å². The Kier molecular flexibility index (Phi) is 7.48. The van der Waals surface area contributed by atoms with Crippen molar-refractivity contribution in [3.8, 4) is 0 Å². The number of carboxylic acids is 1. The SMILES string of the molecule is CC(C)[C@H](NC(=O)[C@H](C)N(C)C(=O)OC(C)(C)C)C(=O)N1c2ncccc2C[C@@H]1C(=O)O. The number of aromatic nitrogens is 1. The number of pyridine rings is 1. The lowest BCUT2D eigenvalue weighted by Gasteiger charge is -2.32. The van der Waals surface area contributed by atoms with Crippen molar-refractivity contribution in [1.29, 1.82) is 0 Å². The normalized spacial score (nSPS) is 17.4. The first-order valence-corrected chi connectivity index (χ1v) is 10.5. The van der Waals surface area contributed by atoms with Crippen LogP contribution in [-0.2, 0) is 25.5 Å². The van der Waals surface area contributed by atoms with Gasteiger partial charge in [-0.15, -0.1) is 0 Å². The summed E-state index contributed by atoms with van der Waals surface area (Å²) < 4.78 is 5.29. The van der Waals surface area contributed by atoms with E-state index in [1.54, 1.807) is 46.8 Å². The highest BCUT2D eigenvalue weighted by atomic mass is 16.6. The number of rotatable bonds is 6. The van der Waals surface area contributed by atoms with Crippen molar-refractivity contribution in [2.24, 2.45) is 5.92 Å². The molecule has 0 fully saturated rings. The van der Waals surface area contributed by atoms with Crippen LogP contribution in [0.4, 0.5) is 10.6 Å². The molecule has 2 rings (SSSR count). The van der Waals surface area contributed by atoms with Gasteiger partial charge in [-0.2, -0.15) is 0 Å². The second-order valence-corrected chi connectivity index (χ2v) is 9.25. The first-order chi connectivity index (χ1) is 14.7. The van der Waals surface area contributed by atoms with Gasteiger partial charge in [0.05, 0.1) is 0 Å². The minimum atomic E-state index is -1.15. The Bertz CT molecular complexity index is 895. The Hall–Kier alpha value is -3.17. The molecule has 0 spiro atoms. The Morgan fingerprint density at radius 2 is 1.88 bits per heavy atom. The summed E-state index contributed by atoms with van der Waals surface area (Å²) in [6.07, 6.45) is 0.960. The average molecular weight is 449 g/mol. The van der Waals surface area contributed by atoms with E-state index in [0.29, 0.717) is 5.56 Å². The molecule has 10 heteroatoms. The summed E-state index contributed by atoms with van der Waals surface area (Å²) in [5, 5.41) is 12.3. The Morgan fingerprint density at radius 3 is 2.41 bits per heavy atom. The van der Waals surface area contributed by atoms with Gasteiger partial charge in [0.15, 0.2) is 0 Å². The van der Waals surface area contributed by atoms with E-state index in [-0.39, 0.29) is 18.2 Å². The summed E-state index contributed by atoms with van der Waals surface area (Å²) >= 11 is 0. The van der Waals surface area contributed by atoms with E-state index in [2.05, 4.69) is 10.3 Å². The maximum Gasteiger partial charge on any atom is 0.410 e. The van der Waals surface area contributed by atoms with Crippen LogP contribution in [0, 0.1) is 5.92 Å². The molecule has 3 atom stereocenters. The second kappa shape index (κ2) is 9.54. The molecule has 0 bridgehead atoms. The van der Waals surface area contributed by atoms with Gasteiger partial charge in [-0.1, -0.05) is 19.9 Å². The van der Waals surface area contributed by atoms with Crippen LogP contribution in [0.1, 0.15) is 47.1 Å². The quantitative estimate of drug-likeness (QED) is 0.679. The number of nitrogens with zero attached hydrogens (tertiary/aromatic N) is 3. The lowest BCUT2D eigenvalue weighted by atomic mass is 10.0. The average Bonchev–Trinajstić information content (AvgIpc) is 3.08. The minimum absolute atomic E-state index is 0.140. The van der Waals surface area contributed by atoms with Crippen molar-refractivity contribution in [1.82, 2.24) is 15.2 Å². The zero-order chi connectivity index (χ0) is 24.4. The summed E-state index contributed by atoms with van der Waals surface area (Å²) in [5.41, 5.74) is -0.0694. The van der Waals surface area contributed by atoms with Gasteiger partial charge in [0.2, 0.25) is 5.91 Å². The third-order valence-electron chi connectivity index (χ3n) is 5.22. The minimum Gasteiger partial charge on any atom is -0.480 e. The molecule has 1 aliphatic heterocycles. The van der Waals surface area contributed by atoms with E-state index in [0.717, 1.165) is 9.80 Å². The number of aliphatic carboxylic acids is 1. The number of anilines is 1. The molecule has 32 heavy (non-hydrogen) atoms. The van der Waals surface area contributed by atoms with E-state index < -0.39 is 47.6 Å². The molecule has 0 unspecified atom stereocenters. The number of hydrogen-bond acceptors (Lipinski definition) is 6.